The molecule has 5 heterocycles. The number of nitrogens with one attached hydrogen (secondary N) is 2. The Morgan fingerprint density at radius 1 is 0.435 bits per heavy atom. The molecule has 12 nitrogen and oxygen atoms in total. The van der Waals surface area contributed by atoms with Gasteiger partial charge in [0.25, 0.3) is 0 Å². The normalized spacial score (nSPS) is 11.6. The molecule has 9 rings (SSSR count). The Bertz CT molecular complexity index is 3190. The molecule has 0 saturated heterocycles. The number of hydrogen-bond donors (Lipinski definition) is 5. The lowest BCUT2D eigenvalue weighted by atomic mass is 10.0. The van der Waals surface area contributed by atoms with Crippen LogP contribution in [0.4, 0.5) is 0 Å². The highest BCUT2D eigenvalue weighted by Gasteiger charge is 2.20. The lowest BCUT2D eigenvalue weighted by molar-refractivity contribution is -0.128. The molecule has 5 N–H and O–H groups in total. The highest BCUT2D eigenvalue weighted by Crippen LogP contribution is 2.39. The molecule has 0 spiro atoms. The van der Waals surface area contributed by atoms with Crippen LogP contribution in [-0.4, -0.2) is 59.1 Å². The monoisotopic (exact) mass is 816 g/mol. The lowest BCUT2D eigenvalue weighted by Crippen LogP contribution is -2.02. The van der Waals surface area contributed by atoms with Crippen molar-refractivity contribution in [2.24, 2.45) is 0 Å². The number of rotatable bonds is 9. The van der Waals surface area contributed by atoms with E-state index in [4.69, 9.17) is 14.7 Å². The predicted molar refractivity (Wildman–Crippen MR) is 237 cm³/mol. The van der Waals surface area contributed by atoms with Crippen molar-refractivity contribution >= 4 is 70.2 Å². The van der Waals surface area contributed by atoms with Crippen molar-refractivity contribution in [3.8, 4) is 50.3 Å². The third-order valence-electron chi connectivity index (χ3n) is 10.5. The maximum atomic E-state index is 12.0. The van der Waals surface area contributed by atoms with Crippen LogP contribution in [0.5, 0.6) is 5.75 Å². The molecule has 2 aliphatic heterocycles. The minimum atomic E-state index is -1.06. The third-order valence-corrected chi connectivity index (χ3v) is 10.5. The zero-order valence-electron chi connectivity index (χ0n) is 32.4. The van der Waals surface area contributed by atoms with E-state index < -0.39 is 23.9 Å². The van der Waals surface area contributed by atoms with Gasteiger partial charge in [-0.15, -0.1) is 0 Å². The number of hydrogen-bond acceptors (Lipinski definition) is 7. The van der Waals surface area contributed by atoms with Crippen molar-refractivity contribution in [3.63, 3.8) is 0 Å². The first-order chi connectivity index (χ1) is 30.0. The number of carbonyl (C=O) groups is 4. The Morgan fingerprint density at radius 2 is 0.710 bits per heavy atom. The van der Waals surface area contributed by atoms with Crippen molar-refractivity contribution in [1.82, 2.24) is 19.9 Å². The van der Waals surface area contributed by atoms with E-state index in [0.717, 1.165) is 11.6 Å². The molecule has 300 valence electrons. The largest absolute Gasteiger partial charge is 0.478 e. The van der Waals surface area contributed by atoms with Gasteiger partial charge in [0, 0.05) is 50.4 Å². The van der Waals surface area contributed by atoms with Gasteiger partial charge in [0.1, 0.15) is 5.75 Å². The number of esters is 1. The zero-order valence-corrected chi connectivity index (χ0v) is 32.4. The number of aromatic amines is 2. The van der Waals surface area contributed by atoms with Crippen molar-refractivity contribution in [1.29, 1.82) is 0 Å². The van der Waals surface area contributed by atoms with Gasteiger partial charge in [-0.05, 0) is 119 Å². The Balaban J connectivity index is 1.41. The third kappa shape index (κ3) is 7.24. The zero-order chi connectivity index (χ0) is 43.1. The summed E-state index contributed by atoms with van der Waals surface area (Å²) < 4.78 is 5.37. The van der Waals surface area contributed by atoms with Gasteiger partial charge in [-0.25, -0.2) is 29.1 Å². The van der Waals surface area contributed by atoms with E-state index in [0.29, 0.717) is 89.5 Å². The first-order valence-electron chi connectivity index (χ1n) is 19.2. The Hall–Kier alpha value is -8.90. The molecule has 8 bridgehead atoms. The van der Waals surface area contributed by atoms with Gasteiger partial charge in [0.2, 0.25) is 0 Å². The molecular formula is C50H32N4O8. The number of aromatic nitrogens is 4. The number of ether oxygens (including phenoxy) is 1. The van der Waals surface area contributed by atoms with Crippen molar-refractivity contribution in [2.45, 2.75) is 0 Å². The standard InChI is InChI=1S/C50H32N4O8/c1-2-43(55)62-34-17-15-30(16-18-34)47-41-25-23-39(53-41)45(28-5-11-32(12-6-28)49(58)59)37-21-19-35(51-37)44(27-3-9-31(10-4-27)48(56)57)36-20-22-38(52-36)46(40-24-26-42(47)54-40)29-7-13-33(14-8-29)50(60)61/h2-26,51,54H,1H2,(H,56,57)(H,58,59)(H,60,61). The molecule has 0 saturated carbocycles. The second-order valence-corrected chi connectivity index (χ2v) is 14.3. The minimum Gasteiger partial charge on any atom is -0.478 e. The first-order valence-corrected chi connectivity index (χ1v) is 19.2. The summed E-state index contributed by atoms with van der Waals surface area (Å²) in [6.45, 7) is 3.48. The maximum Gasteiger partial charge on any atom is 0.335 e. The molecule has 0 aliphatic carbocycles. The van der Waals surface area contributed by atoms with Crippen molar-refractivity contribution < 1.29 is 39.2 Å². The second-order valence-electron chi connectivity index (χ2n) is 14.3. The Labute approximate surface area is 352 Å². The number of aromatic carboxylic acids is 3. The number of benzene rings is 4. The lowest BCUT2D eigenvalue weighted by Gasteiger charge is -2.08. The quantitative estimate of drug-likeness (QED) is 0.0531. The van der Waals surface area contributed by atoms with Crippen LogP contribution in [-0.2, 0) is 4.79 Å². The number of H-pyrrole nitrogens is 2. The van der Waals surface area contributed by atoms with E-state index in [1.165, 1.54) is 36.4 Å². The van der Waals surface area contributed by atoms with E-state index in [-0.39, 0.29) is 16.7 Å². The maximum absolute atomic E-state index is 12.0. The SMILES string of the molecule is C=CC(=O)Oc1ccc(-c2c3nc(c(-c4ccc(C(=O)O)cc4)c4ccc([nH]4)c(-c4ccc(C(=O)O)cc4)c4nc(c(-c5ccc(C(=O)O)cc5)c5ccc2[nH]5)C=C4)C=C3)cc1. The van der Waals surface area contributed by atoms with E-state index in [1.807, 2.05) is 60.7 Å². The summed E-state index contributed by atoms with van der Waals surface area (Å²) in [6, 6.07) is 34.3. The highest BCUT2D eigenvalue weighted by molar-refractivity contribution is 6.01. The smallest absolute Gasteiger partial charge is 0.335 e. The number of fused-ring (bicyclic) bond motifs is 8. The molecule has 0 radical (unpaired) electrons. The molecule has 62 heavy (non-hydrogen) atoms. The van der Waals surface area contributed by atoms with Crippen LogP contribution in [0.25, 0.3) is 90.9 Å². The van der Waals surface area contributed by atoms with Gasteiger partial charge in [0.05, 0.1) is 39.5 Å². The summed E-state index contributed by atoms with van der Waals surface area (Å²) in [7, 11) is 0. The van der Waals surface area contributed by atoms with Gasteiger partial charge in [-0.1, -0.05) is 55.1 Å². The molecule has 4 aromatic carbocycles. The fraction of sp³-hybridized carbons (Fsp3) is 0. The fourth-order valence-electron chi connectivity index (χ4n) is 7.61. The Morgan fingerprint density at radius 3 is 0.968 bits per heavy atom. The van der Waals surface area contributed by atoms with Gasteiger partial charge in [-0.2, -0.15) is 0 Å². The molecule has 7 aromatic rings. The topological polar surface area (TPSA) is 196 Å². The molecule has 0 fully saturated rings. The molecule has 0 amide bonds. The predicted octanol–water partition coefficient (Wildman–Crippen LogP) is 10.5. The van der Waals surface area contributed by atoms with Gasteiger partial charge in [-0.3, -0.25) is 0 Å². The van der Waals surface area contributed by atoms with Crippen LogP contribution < -0.4 is 4.74 Å². The fourth-order valence-corrected chi connectivity index (χ4v) is 7.61. The summed E-state index contributed by atoms with van der Waals surface area (Å²) in [6.07, 6.45) is 8.62. The minimum absolute atomic E-state index is 0.121. The Kier molecular flexibility index (Phi) is 9.77. The number of carbonyl (C=O) groups excluding carboxylic acids is 1. The summed E-state index contributed by atoms with van der Waals surface area (Å²) in [4.78, 5) is 65.2. The second kappa shape index (κ2) is 15.7. The van der Waals surface area contributed by atoms with Crippen LogP contribution in [0.3, 0.4) is 0 Å². The van der Waals surface area contributed by atoms with E-state index >= 15 is 0 Å². The molecule has 2 aliphatic rings. The van der Waals surface area contributed by atoms with E-state index in [2.05, 4.69) is 16.5 Å². The highest BCUT2D eigenvalue weighted by atomic mass is 16.5. The van der Waals surface area contributed by atoms with Crippen LogP contribution in [0.15, 0.2) is 134 Å². The van der Waals surface area contributed by atoms with Gasteiger partial charge < -0.3 is 30.0 Å². The van der Waals surface area contributed by atoms with Crippen LogP contribution >= 0.6 is 0 Å². The summed E-state index contributed by atoms with van der Waals surface area (Å²) in [5, 5.41) is 29.1. The van der Waals surface area contributed by atoms with Crippen molar-refractivity contribution in [2.75, 3.05) is 0 Å². The average Bonchev–Trinajstić information content (AvgIpc) is 4.13. The van der Waals surface area contributed by atoms with E-state index in [1.54, 1.807) is 48.5 Å². The summed E-state index contributed by atoms with van der Waals surface area (Å²) in [5.41, 5.74) is 10.9. The average molecular weight is 817 g/mol. The molecule has 12 heteroatoms. The molecule has 0 unspecified atom stereocenters. The van der Waals surface area contributed by atoms with Crippen LogP contribution in [0.2, 0.25) is 0 Å². The summed E-state index contributed by atoms with van der Waals surface area (Å²) >= 11 is 0. The number of carboxylic acids is 3. The van der Waals surface area contributed by atoms with Crippen LogP contribution in [0.1, 0.15) is 53.8 Å². The van der Waals surface area contributed by atoms with Crippen molar-refractivity contribution in [3.05, 3.63) is 173 Å². The molecular weight excluding hydrogens is 785 g/mol. The van der Waals surface area contributed by atoms with Gasteiger partial charge in [0.15, 0.2) is 0 Å². The van der Waals surface area contributed by atoms with E-state index in [9.17, 15) is 34.5 Å². The molecule has 0 atom stereocenters. The van der Waals surface area contributed by atoms with Crippen LogP contribution in [0, 0.1) is 0 Å². The number of carboxylic acid groups (broad SMARTS) is 3. The summed E-state index contributed by atoms with van der Waals surface area (Å²) in [5.74, 6) is -3.44. The van der Waals surface area contributed by atoms with Gasteiger partial charge >= 0.3 is 23.9 Å². The first kappa shape index (κ1) is 38.6. The molecule has 3 aromatic heterocycles. The number of nitrogens with zero attached hydrogens (tertiary/aromatic N) is 2.